The molecule has 1 nitrogen and oxygen atoms in total. The van der Waals surface area contributed by atoms with Crippen LogP contribution in [0, 0.1) is 18.2 Å². The van der Waals surface area contributed by atoms with Crippen LogP contribution >= 0.6 is 0 Å². The van der Waals surface area contributed by atoms with E-state index in [-0.39, 0.29) is 5.82 Å². The van der Waals surface area contributed by atoms with Crippen LogP contribution < -0.4 is 5.32 Å². The second kappa shape index (κ2) is 4.54. The van der Waals surface area contributed by atoms with Crippen LogP contribution in [0.4, 0.5) is 4.39 Å². The van der Waals surface area contributed by atoms with Gasteiger partial charge in [0.25, 0.3) is 0 Å². The molecule has 1 saturated carbocycles. The molecule has 0 bridgehead atoms. The van der Waals surface area contributed by atoms with E-state index in [1.165, 1.54) is 19.3 Å². The van der Waals surface area contributed by atoms with Gasteiger partial charge in [0, 0.05) is 18.7 Å². The van der Waals surface area contributed by atoms with Gasteiger partial charge in [-0.2, -0.15) is 0 Å². The second-order valence-corrected chi connectivity index (χ2v) is 5.36. The van der Waals surface area contributed by atoms with Crippen LogP contribution in [-0.2, 0) is 6.54 Å². The van der Waals surface area contributed by atoms with Gasteiger partial charge in [0.1, 0.15) is 5.82 Å². The highest BCUT2D eigenvalue weighted by atomic mass is 19.1. The molecule has 2 heteroatoms. The molecule has 0 aliphatic heterocycles. The van der Waals surface area contributed by atoms with Crippen molar-refractivity contribution in [2.45, 2.75) is 39.7 Å². The monoisotopic (exact) mass is 221 g/mol. The molecule has 0 atom stereocenters. The van der Waals surface area contributed by atoms with Crippen molar-refractivity contribution in [2.75, 3.05) is 6.54 Å². The van der Waals surface area contributed by atoms with Crippen LogP contribution in [-0.4, -0.2) is 6.54 Å². The van der Waals surface area contributed by atoms with Gasteiger partial charge in [0.05, 0.1) is 0 Å². The standard InChI is InChI=1S/C14H20FN/c1-11-4-5-13(15)12(8-11)9-16-10-14(2)6-3-7-14/h4-5,8,16H,3,6-7,9-10H2,1-2H3. The van der Waals surface area contributed by atoms with E-state index in [0.29, 0.717) is 12.0 Å². The van der Waals surface area contributed by atoms with Crippen molar-refractivity contribution in [1.29, 1.82) is 0 Å². The molecule has 0 radical (unpaired) electrons. The van der Waals surface area contributed by atoms with Crippen molar-refractivity contribution in [3.8, 4) is 0 Å². The second-order valence-electron chi connectivity index (χ2n) is 5.36. The van der Waals surface area contributed by atoms with Gasteiger partial charge in [-0.05, 0) is 31.2 Å². The molecular weight excluding hydrogens is 201 g/mol. The number of hydrogen-bond donors (Lipinski definition) is 1. The molecule has 0 saturated heterocycles. The predicted molar refractivity (Wildman–Crippen MR) is 64.8 cm³/mol. The Morgan fingerprint density at radius 3 is 2.75 bits per heavy atom. The summed E-state index contributed by atoms with van der Waals surface area (Å²) in [4.78, 5) is 0. The maximum Gasteiger partial charge on any atom is 0.127 e. The molecule has 0 amide bonds. The molecule has 1 aliphatic carbocycles. The fraction of sp³-hybridized carbons (Fsp3) is 0.571. The first-order valence-electron chi connectivity index (χ1n) is 6.05. The maximum absolute atomic E-state index is 13.4. The van der Waals surface area contributed by atoms with Crippen LogP contribution in [0.1, 0.15) is 37.3 Å². The maximum atomic E-state index is 13.4. The van der Waals surface area contributed by atoms with Crippen LogP contribution in [0.5, 0.6) is 0 Å². The molecule has 2 rings (SSSR count). The minimum absolute atomic E-state index is 0.100. The Bertz CT molecular complexity index is 369. The zero-order chi connectivity index (χ0) is 11.6. The van der Waals surface area contributed by atoms with Gasteiger partial charge in [-0.1, -0.05) is 31.0 Å². The van der Waals surface area contributed by atoms with Gasteiger partial charge in [-0.25, -0.2) is 4.39 Å². The average molecular weight is 221 g/mol. The summed E-state index contributed by atoms with van der Waals surface area (Å²) in [6, 6.07) is 5.29. The minimum atomic E-state index is -0.100. The van der Waals surface area contributed by atoms with Crippen molar-refractivity contribution in [3.05, 3.63) is 35.1 Å². The lowest BCUT2D eigenvalue weighted by atomic mass is 9.70. The fourth-order valence-corrected chi connectivity index (χ4v) is 2.30. The lowest BCUT2D eigenvalue weighted by Crippen LogP contribution is -2.37. The highest BCUT2D eigenvalue weighted by Crippen LogP contribution is 2.39. The topological polar surface area (TPSA) is 12.0 Å². The van der Waals surface area contributed by atoms with E-state index in [1.807, 2.05) is 19.1 Å². The van der Waals surface area contributed by atoms with E-state index in [0.717, 1.165) is 17.7 Å². The third-order valence-corrected chi connectivity index (χ3v) is 3.63. The quantitative estimate of drug-likeness (QED) is 0.821. The summed E-state index contributed by atoms with van der Waals surface area (Å²) < 4.78 is 13.4. The summed E-state index contributed by atoms with van der Waals surface area (Å²) in [7, 11) is 0. The van der Waals surface area contributed by atoms with Crippen molar-refractivity contribution >= 4 is 0 Å². The van der Waals surface area contributed by atoms with E-state index in [9.17, 15) is 4.39 Å². The largest absolute Gasteiger partial charge is 0.312 e. The molecule has 1 aromatic rings. The van der Waals surface area contributed by atoms with Crippen LogP contribution in [0.25, 0.3) is 0 Å². The Morgan fingerprint density at radius 2 is 2.12 bits per heavy atom. The molecule has 1 aliphatic rings. The molecule has 1 aromatic carbocycles. The molecule has 0 heterocycles. The third-order valence-electron chi connectivity index (χ3n) is 3.63. The number of benzene rings is 1. The van der Waals surface area contributed by atoms with Gasteiger partial charge < -0.3 is 5.32 Å². The van der Waals surface area contributed by atoms with E-state index >= 15 is 0 Å². The summed E-state index contributed by atoms with van der Waals surface area (Å²) in [5.41, 5.74) is 2.36. The van der Waals surface area contributed by atoms with Gasteiger partial charge in [0.2, 0.25) is 0 Å². The van der Waals surface area contributed by atoms with Crippen molar-refractivity contribution in [3.63, 3.8) is 0 Å². The lowest BCUT2D eigenvalue weighted by molar-refractivity contribution is 0.156. The Balaban J connectivity index is 1.87. The van der Waals surface area contributed by atoms with Gasteiger partial charge in [0.15, 0.2) is 0 Å². The Morgan fingerprint density at radius 1 is 1.38 bits per heavy atom. The summed E-state index contributed by atoms with van der Waals surface area (Å²) in [6.07, 6.45) is 3.95. The lowest BCUT2D eigenvalue weighted by Gasteiger charge is -2.38. The van der Waals surface area contributed by atoms with Gasteiger partial charge >= 0.3 is 0 Å². The van der Waals surface area contributed by atoms with Crippen LogP contribution in [0.2, 0.25) is 0 Å². The normalized spacial score (nSPS) is 18.2. The zero-order valence-corrected chi connectivity index (χ0v) is 10.1. The Kier molecular flexibility index (Phi) is 3.29. The predicted octanol–water partition coefficient (Wildman–Crippen LogP) is 3.41. The smallest absolute Gasteiger partial charge is 0.127 e. The molecule has 88 valence electrons. The molecule has 0 unspecified atom stereocenters. The summed E-state index contributed by atoms with van der Waals surface area (Å²) >= 11 is 0. The number of aryl methyl sites for hydroxylation is 1. The van der Waals surface area contributed by atoms with Crippen LogP contribution in [0.3, 0.4) is 0 Å². The highest BCUT2D eigenvalue weighted by molar-refractivity contribution is 5.23. The molecule has 1 fully saturated rings. The van der Waals surface area contributed by atoms with Crippen LogP contribution in [0.15, 0.2) is 18.2 Å². The van der Waals surface area contributed by atoms with E-state index in [1.54, 1.807) is 6.07 Å². The fourth-order valence-electron chi connectivity index (χ4n) is 2.30. The van der Waals surface area contributed by atoms with Crippen molar-refractivity contribution in [1.82, 2.24) is 5.32 Å². The molecule has 1 N–H and O–H groups in total. The average Bonchev–Trinajstić information content (AvgIpc) is 2.21. The van der Waals surface area contributed by atoms with E-state index < -0.39 is 0 Å². The molecule has 0 aromatic heterocycles. The third kappa shape index (κ3) is 2.62. The summed E-state index contributed by atoms with van der Waals surface area (Å²) in [5, 5.41) is 3.37. The SMILES string of the molecule is Cc1ccc(F)c(CNCC2(C)CCC2)c1. The van der Waals surface area contributed by atoms with Crippen molar-refractivity contribution in [2.24, 2.45) is 5.41 Å². The first-order chi connectivity index (χ1) is 7.59. The Hall–Kier alpha value is -0.890. The minimum Gasteiger partial charge on any atom is -0.312 e. The molecule has 0 spiro atoms. The Labute approximate surface area is 97.1 Å². The number of rotatable bonds is 4. The van der Waals surface area contributed by atoms with Gasteiger partial charge in [-0.3, -0.25) is 0 Å². The zero-order valence-electron chi connectivity index (χ0n) is 10.1. The summed E-state index contributed by atoms with van der Waals surface area (Å²) in [6.45, 7) is 5.94. The number of hydrogen-bond acceptors (Lipinski definition) is 1. The number of halogens is 1. The summed E-state index contributed by atoms with van der Waals surface area (Å²) in [5.74, 6) is -0.100. The van der Waals surface area contributed by atoms with Gasteiger partial charge in [-0.15, -0.1) is 0 Å². The van der Waals surface area contributed by atoms with E-state index in [4.69, 9.17) is 0 Å². The number of nitrogens with one attached hydrogen (secondary N) is 1. The highest BCUT2D eigenvalue weighted by Gasteiger charge is 2.30. The molecular formula is C14H20FN. The first kappa shape index (κ1) is 11.6. The molecule has 16 heavy (non-hydrogen) atoms. The first-order valence-corrected chi connectivity index (χ1v) is 6.05. The van der Waals surface area contributed by atoms with Crippen molar-refractivity contribution < 1.29 is 4.39 Å². The van der Waals surface area contributed by atoms with E-state index in [2.05, 4.69) is 12.2 Å².